The Kier molecular flexibility index (Phi) is 12.7. The molecule has 8 heteroatoms. The van der Waals surface area contributed by atoms with Gasteiger partial charge in [-0.3, -0.25) is 9.59 Å². The molecule has 0 radical (unpaired) electrons. The number of unbranched alkanes of at least 4 members (excludes halogenated alkanes) is 3. The van der Waals surface area contributed by atoms with Crippen LogP contribution in [-0.4, -0.2) is 52.1 Å². The van der Waals surface area contributed by atoms with E-state index >= 15 is 0 Å². The van der Waals surface area contributed by atoms with E-state index in [1.807, 2.05) is 30.3 Å². The Labute approximate surface area is 251 Å². The molecule has 1 aliphatic carbocycles. The number of aromatic hydroxyl groups is 1. The fraction of sp³-hybridized carbons (Fsp3) is 0.559. The summed E-state index contributed by atoms with van der Waals surface area (Å²) < 4.78 is 5.52. The number of carbonyl (C=O) groups is 3. The number of phenolic OH excluding ortho intramolecular Hbond substituents is 1. The molecule has 3 N–H and O–H groups in total. The topological polar surface area (TPSA) is 108 Å². The van der Waals surface area contributed by atoms with Crippen molar-refractivity contribution in [2.24, 2.45) is 0 Å². The van der Waals surface area contributed by atoms with Crippen LogP contribution in [0.5, 0.6) is 5.75 Å². The van der Waals surface area contributed by atoms with Crippen molar-refractivity contribution in [1.29, 1.82) is 0 Å². The smallest absolute Gasteiger partial charge is 0.408 e. The molecule has 230 valence electrons. The van der Waals surface area contributed by atoms with Crippen molar-refractivity contribution in [1.82, 2.24) is 15.5 Å². The monoisotopic (exact) mass is 579 g/mol. The number of carbonyl (C=O) groups excluding carboxylic acids is 3. The van der Waals surface area contributed by atoms with E-state index in [4.69, 9.17) is 4.74 Å². The maximum atomic E-state index is 14.5. The summed E-state index contributed by atoms with van der Waals surface area (Å²) in [6.07, 6.45) is 8.40. The minimum absolute atomic E-state index is 0.0854. The van der Waals surface area contributed by atoms with Gasteiger partial charge in [0.15, 0.2) is 0 Å². The van der Waals surface area contributed by atoms with Gasteiger partial charge < -0.3 is 25.4 Å². The van der Waals surface area contributed by atoms with Crippen molar-refractivity contribution >= 4 is 17.9 Å². The molecule has 0 spiro atoms. The van der Waals surface area contributed by atoms with Crippen LogP contribution in [0.3, 0.4) is 0 Å². The largest absolute Gasteiger partial charge is 0.508 e. The average Bonchev–Trinajstić information content (AvgIpc) is 2.95. The second-order valence-corrected chi connectivity index (χ2v) is 12.3. The van der Waals surface area contributed by atoms with E-state index in [-0.39, 0.29) is 30.0 Å². The van der Waals surface area contributed by atoms with E-state index in [1.54, 1.807) is 49.9 Å². The highest BCUT2D eigenvalue weighted by atomic mass is 16.6. The predicted octanol–water partition coefficient (Wildman–Crippen LogP) is 6.43. The Hall–Kier alpha value is -3.55. The molecule has 2 aromatic carbocycles. The number of ether oxygens (including phenoxy) is 1. The van der Waals surface area contributed by atoms with Gasteiger partial charge in [-0.1, -0.05) is 87.9 Å². The van der Waals surface area contributed by atoms with Crippen LogP contribution in [0.15, 0.2) is 54.6 Å². The lowest BCUT2D eigenvalue weighted by atomic mass is 9.94. The molecule has 1 saturated carbocycles. The number of nitrogens with zero attached hydrogens (tertiary/aromatic N) is 1. The van der Waals surface area contributed by atoms with Gasteiger partial charge in [0, 0.05) is 19.0 Å². The third kappa shape index (κ3) is 10.7. The highest BCUT2D eigenvalue weighted by Gasteiger charge is 2.37. The van der Waals surface area contributed by atoms with Gasteiger partial charge in [0.1, 0.15) is 23.4 Å². The fourth-order valence-corrected chi connectivity index (χ4v) is 5.43. The Bertz CT molecular complexity index is 1120. The molecule has 0 aromatic heterocycles. The van der Waals surface area contributed by atoms with E-state index in [2.05, 4.69) is 17.6 Å². The molecule has 0 heterocycles. The zero-order chi connectivity index (χ0) is 30.5. The van der Waals surface area contributed by atoms with E-state index in [0.717, 1.165) is 62.5 Å². The molecule has 0 saturated heterocycles. The summed E-state index contributed by atoms with van der Waals surface area (Å²) >= 11 is 0. The number of rotatable bonds is 13. The van der Waals surface area contributed by atoms with Crippen molar-refractivity contribution in [3.8, 4) is 5.75 Å². The van der Waals surface area contributed by atoms with Gasteiger partial charge in [0.25, 0.3) is 0 Å². The maximum absolute atomic E-state index is 14.5. The summed E-state index contributed by atoms with van der Waals surface area (Å²) in [5.41, 5.74) is 0.744. The summed E-state index contributed by atoms with van der Waals surface area (Å²) in [5, 5.41) is 15.8. The van der Waals surface area contributed by atoms with Gasteiger partial charge >= 0.3 is 6.09 Å². The lowest BCUT2D eigenvalue weighted by molar-refractivity contribution is -0.143. The zero-order valence-corrected chi connectivity index (χ0v) is 25.7. The van der Waals surface area contributed by atoms with Gasteiger partial charge in [-0.25, -0.2) is 4.79 Å². The second-order valence-electron chi connectivity index (χ2n) is 12.3. The summed E-state index contributed by atoms with van der Waals surface area (Å²) in [5.74, 6) is -0.432. The van der Waals surface area contributed by atoms with E-state index in [9.17, 15) is 19.5 Å². The molecular formula is C34H49N3O5. The molecule has 2 aromatic rings. The summed E-state index contributed by atoms with van der Waals surface area (Å²) in [6.45, 7) is 7.81. The van der Waals surface area contributed by atoms with Crippen LogP contribution >= 0.6 is 0 Å². The molecule has 3 amide bonds. The Morgan fingerprint density at radius 1 is 0.952 bits per heavy atom. The van der Waals surface area contributed by atoms with Gasteiger partial charge in [-0.05, 0) is 63.3 Å². The molecule has 8 nitrogen and oxygen atoms in total. The van der Waals surface area contributed by atoms with Gasteiger partial charge in [0.2, 0.25) is 11.8 Å². The number of nitrogens with one attached hydrogen (secondary N) is 2. The third-order valence-corrected chi connectivity index (χ3v) is 7.53. The Balaban J connectivity index is 1.98. The number of phenols is 1. The van der Waals surface area contributed by atoms with Crippen LogP contribution in [-0.2, 0) is 20.7 Å². The number of alkyl carbamates (subject to hydrolysis) is 1. The summed E-state index contributed by atoms with van der Waals surface area (Å²) in [4.78, 5) is 43.1. The first-order valence-corrected chi connectivity index (χ1v) is 15.5. The van der Waals surface area contributed by atoms with Crippen LogP contribution in [0.25, 0.3) is 0 Å². The molecule has 0 bridgehead atoms. The highest BCUT2D eigenvalue weighted by molar-refractivity contribution is 5.92. The van der Waals surface area contributed by atoms with Crippen molar-refractivity contribution in [3.05, 3.63) is 65.7 Å². The molecule has 3 rings (SSSR count). The molecular weight excluding hydrogens is 530 g/mol. The lowest BCUT2D eigenvalue weighted by Crippen LogP contribution is -2.54. The Morgan fingerprint density at radius 3 is 2.24 bits per heavy atom. The van der Waals surface area contributed by atoms with Gasteiger partial charge in [0.05, 0.1) is 0 Å². The summed E-state index contributed by atoms with van der Waals surface area (Å²) in [6, 6.07) is 14.2. The van der Waals surface area contributed by atoms with Crippen LogP contribution < -0.4 is 10.6 Å². The normalized spacial score (nSPS) is 15.3. The van der Waals surface area contributed by atoms with Gasteiger partial charge in [-0.2, -0.15) is 0 Å². The zero-order valence-electron chi connectivity index (χ0n) is 25.7. The highest BCUT2D eigenvalue weighted by Crippen LogP contribution is 2.26. The predicted molar refractivity (Wildman–Crippen MR) is 165 cm³/mol. The first-order valence-electron chi connectivity index (χ1n) is 15.5. The SMILES string of the molecule is CCCCCCN(C(=O)C(Cc1ccc(O)cc1)NC(=O)OC(C)(C)C)C(C(=O)NC1CCCCC1)c1ccccc1. The molecule has 2 atom stereocenters. The Morgan fingerprint density at radius 2 is 1.62 bits per heavy atom. The standard InChI is InChI=1S/C34H49N3O5/c1-5-6-7-14-23-37(30(26-15-10-8-11-16-26)31(39)35-27-17-12-9-13-18-27)32(40)29(36-33(41)42-34(2,3)4)24-25-19-21-28(38)22-20-25/h8,10-11,15-16,19-22,27,29-30,38H,5-7,9,12-14,17-18,23-24H2,1-4H3,(H,35,39)(H,36,41). The minimum Gasteiger partial charge on any atom is -0.508 e. The lowest BCUT2D eigenvalue weighted by Gasteiger charge is -2.36. The molecule has 0 aliphatic heterocycles. The van der Waals surface area contributed by atoms with Crippen LogP contribution in [0.2, 0.25) is 0 Å². The number of benzene rings is 2. The maximum Gasteiger partial charge on any atom is 0.408 e. The number of hydrogen-bond donors (Lipinski definition) is 3. The van der Waals surface area contributed by atoms with Crippen LogP contribution in [0, 0.1) is 0 Å². The van der Waals surface area contributed by atoms with Crippen LogP contribution in [0.1, 0.15) is 103 Å². The average molecular weight is 580 g/mol. The van der Waals surface area contributed by atoms with Crippen molar-refractivity contribution in [2.45, 2.75) is 116 Å². The summed E-state index contributed by atoms with van der Waals surface area (Å²) in [7, 11) is 0. The number of amides is 3. The second kappa shape index (κ2) is 16.2. The minimum atomic E-state index is -0.982. The molecule has 2 unspecified atom stereocenters. The van der Waals surface area contributed by atoms with E-state index < -0.39 is 23.8 Å². The number of hydrogen-bond acceptors (Lipinski definition) is 5. The van der Waals surface area contributed by atoms with Crippen molar-refractivity contribution < 1.29 is 24.2 Å². The first-order chi connectivity index (χ1) is 20.1. The molecule has 1 aliphatic rings. The molecule has 1 fully saturated rings. The van der Waals surface area contributed by atoms with Crippen LogP contribution in [0.4, 0.5) is 4.79 Å². The third-order valence-electron chi connectivity index (χ3n) is 7.53. The van der Waals surface area contributed by atoms with Crippen molar-refractivity contribution in [3.63, 3.8) is 0 Å². The first kappa shape index (κ1) is 33.0. The molecule has 42 heavy (non-hydrogen) atoms. The van der Waals surface area contributed by atoms with Gasteiger partial charge in [-0.15, -0.1) is 0 Å². The van der Waals surface area contributed by atoms with Crippen molar-refractivity contribution in [2.75, 3.05) is 6.54 Å². The fourth-order valence-electron chi connectivity index (χ4n) is 5.43. The quantitative estimate of drug-likeness (QED) is 0.237. The van der Waals surface area contributed by atoms with E-state index in [1.165, 1.54) is 6.42 Å². The van der Waals surface area contributed by atoms with E-state index in [0.29, 0.717) is 6.54 Å².